The fourth-order valence-electron chi connectivity index (χ4n) is 3.45. The van der Waals surface area contributed by atoms with Crippen molar-refractivity contribution in [3.8, 4) is 22.3 Å². The lowest BCUT2D eigenvalue weighted by molar-refractivity contribution is 0.969. The van der Waals surface area contributed by atoms with Crippen LogP contribution in [0.5, 0.6) is 0 Å². The number of benzene rings is 3. The van der Waals surface area contributed by atoms with Crippen LogP contribution in [0.25, 0.3) is 38.7 Å². The summed E-state index contributed by atoms with van der Waals surface area (Å²) in [6.45, 7) is 0. The molecule has 0 aliphatic rings. The van der Waals surface area contributed by atoms with Gasteiger partial charge in [-0.3, -0.25) is 0 Å². The van der Waals surface area contributed by atoms with E-state index in [1.807, 2.05) is 18.3 Å². The molecule has 0 atom stereocenters. The zero-order chi connectivity index (χ0) is 17.5. The summed E-state index contributed by atoms with van der Waals surface area (Å²) in [6, 6.07) is 27.4. The summed E-state index contributed by atoms with van der Waals surface area (Å²) in [7, 11) is 0. The first kappa shape index (κ1) is 14.7. The van der Waals surface area contributed by atoms with Gasteiger partial charge in [-0.2, -0.15) is 4.98 Å². The van der Waals surface area contributed by atoms with E-state index in [0.717, 1.165) is 16.8 Å². The first-order chi connectivity index (χ1) is 12.8. The molecule has 5 aromatic rings. The van der Waals surface area contributed by atoms with Crippen LogP contribution in [0.15, 0.2) is 85.1 Å². The first-order valence-electron chi connectivity index (χ1n) is 8.49. The van der Waals surface area contributed by atoms with Gasteiger partial charge in [0.2, 0.25) is 5.95 Å². The van der Waals surface area contributed by atoms with Gasteiger partial charge in [0.1, 0.15) is 0 Å². The zero-order valence-electron chi connectivity index (χ0n) is 14.0. The van der Waals surface area contributed by atoms with Gasteiger partial charge in [0.05, 0.1) is 0 Å². The van der Waals surface area contributed by atoms with Gasteiger partial charge in [-0.25, -0.2) is 4.52 Å². The van der Waals surface area contributed by atoms with Crippen molar-refractivity contribution < 1.29 is 0 Å². The molecule has 2 heterocycles. The molecule has 0 unspecified atom stereocenters. The normalized spacial score (nSPS) is 11.2. The lowest BCUT2D eigenvalue weighted by atomic mass is 9.96. The van der Waals surface area contributed by atoms with Crippen molar-refractivity contribution in [1.29, 1.82) is 0 Å². The number of hydrogen-bond acceptors (Lipinski definition) is 3. The Balaban J connectivity index is 1.62. The second-order valence-electron chi connectivity index (χ2n) is 6.26. The summed E-state index contributed by atoms with van der Waals surface area (Å²) in [5.41, 5.74) is 11.0. The predicted molar refractivity (Wildman–Crippen MR) is 106 cm³/mol. The number of nitrogen functional groups attached to an aromatic ring is 1. The molecule has 124 valence electrons. The summed E-state index contributed by atoms with van der Waals surface area (Å²) in [5.74, 6) is 0.282. The van der Waals surface area contributed by atoms with E-state index in [1.54, 1.807) is 4.52 Å². The van der Waals surface area contributed by atoms with Crippen LogP contribution in [0.2, 0.25) is 0 Å². The minimum atomic E-state index is 0.282. The Morgan fingerprint density at radius 1 is 0.692 bits per heavy atom. The summed E-state index contributed by atoms with van der Waals surface area (Å²) in [5, 5.41) is 6.69. The summed E-state index contributed by atoms with van der Waals surface area (Å²) >= 11 is 0. The molecule has 4 nitrogen and oxygen atoms in total. The van der Waals surface area contributed by atoms with Crippen molar-refractivity contribution in [2.24, 2.45) is 0 Å². The van der Waals surface area contributed by atoms with Crippen LogP contribution in [0, 0.1) is 0 Å². The summed E-state index contributed by atoms with van der Waals surface area (Å²) in [4.78, 5) is 4.34. The topological polar surface area (TPSA) is 56.2 Å². The fourth-order valence-corrected chi connectivity index (χ4v) is 3.45. The second-order valence-corrected chi connectivity index (χ2v) is 6.26. The number of hydrogen-bond donors (Lipinski definition) is 1. The molecule has 0 aliphatic heterocycles. The number of aromatic nitrogens is 3. The van der Waals surface area contributed by atoms with Crippen LogP contribution in [0.1, 0.15) is 0 Å². The molecule has 0 saturated carbocycles. The van der Waals surface area contributed by atoms with Gasteiger partial charge in [-0.05, 0) is 39.6 Å². The molecule has 0 radical (unpaired) electrons. The van der Waals surface area contributed by atoms with Gasteiger partial charge < -0.3 is 5.73 Å². The fraction of sp³-hybridized carbons (Fsp3) is 0. The Bertz CT molecular complexity index is 1230. The Kier molecular flexibility index (Phi) is 3.22. The highest BCUT2D eigenvalue weighted by Gasteiger charge is 2.09. The molecule has 0 amide bonds. The van der Waals surface area contributed by atoms with Crippen LogP contribution in [-0.2, 0) is 0 Å². The quantitative estimate of drug-likeness (QED) is 0.504. The molecule has 4 heteroatoms. The molecule has 2 aromatic heterocycles. The maximum absolute atomic E-state index is 5.75. The van der Waals surface area contributed by atoms with Crippen LogP contribution >= 0.6 is 0 Å². The van der Waals surface area contributed by atoms with Gasteiger partial charge in [0, 0.05) is 11.8 Å². The monoisotopic (exact) mass is 336 g/mol. The third-order valence-corrected chi connectivity index (χ3v) is 4.68. The van der Waals surface area contributed by atoms with Crippen LogP contribution < -0.4 is 5.73 Å². The number of nitrogens with zero attached hydrogens (tertiary/aromatic N) is 3. The van der Waals surface area contributed by atoms with Gasteiger partial charge in [0.15, 0.2) is 5.65 Å². The average molecular weight is 336 g/mol. The van der Waals surface area contributed by atoms with E-state index in [9.17, 15) is 0 Å². The van der Waals surface area contributed by atoms with Crippen LogP contribution in [0.3, 0.4) is 0 Å². The van der Waals surface area contributed by atoms with Crippen LogP contribution in [0.4, 0.5) is 5.95 Å². The lowest BCUT2D eigenvalue weighted by Crippen LogP contribution is -1.90. The molecule has 0 fully saturated rings. The zero-order valence-corrected chi connectivity index (χ0v) is 14.0. The third-order valence-electron chi connectivity index (χ3n) is 4.68. The predicted octanol–water partition coefficient (Wildman–Crippen LogP) is 4.80. The van der Waals surface area contributed by atoms with Crippen molar-refractivity contribution in [2.45, 2.75) is 0 Å². The largest absolute Gasteiger partial charge is 0.366 e. The van der Waals surface area contributed by atoms with E-state index in [4.69, 9.17) is 5.73 Å². The Labute approximate surface area is 150 Å². The molecular formula is C22H16N4. The smallest absolute Gasteiger partial charge is 0.240 e. The van der Waals surface area contributed by atoms with Crippen molar-refractivity contribution in [2.75, 3.05) is 5.73 Å². The molecule has 5 rings (SSSR count). The average Bonchev–Trinajstić information content (AvgIpc) is 3.08. The number of rotatable bonds is 2. The van der Waals surface area contributed by atoms with E-state index in [-0.39, 0.29) is 5.95 Å². The Morgan fingerprint density at radius 3 is 2.23 bits per heavy atom. The maximum Gasteiger partial charge on any atom is 0.240 e. The first-order valence-corrected chi connectivity index (χ1v) is 8.49. The number of anilines is 1. The SMILES string of the molecule is Nc1nc2c(-c3ccc(-c4cccc5ccccc45)cc3)cccn2n1. The molecule has 0 spiro atoms. The van der Waals surface area contributed by atoms with Gasteiger partial charge >= 0.3 is 0 Å². The second kappa shape index (κ2) is 5.70. The molecule has 26 heavy (non-hydrogen) atoms. The van der Waals surface area contributed by atoms with Crippen LogP contribution in [-0.4, -0.2) is 14.6 Å². The highest BCUT2D eigenvalue weighted by molar-refractivity contribution is 5.97. The molecule has 0 aliphatic carbocycles. The lowest BCUT2D eigenvalue weighted by Gasteiger charge is -2.08. The highest BCUT2D eigenvalue weighted by atomic mass is 15.3. The highest BCUT2D eigenvalue weighted by Crippen LogP contribution is 2.31. The molecule has 2 N–H and O–H groups in total. The van der Waals surface area contributed by atoms with Gasteiger partial charge in [-0.1, -0.05) is 66.7 Å². The standard InChI is InChI=1S/C22H16N4/c23-22-24-21-20(9-4-14-26(21)25-22)17-12-10-16(11-13-17)19-8-3-6-15-5-1-2-7-18(15)19/h1-14H,(H2,23,25). The molecule has 3 aromatic carbocycles. The van der Waals surface area contributed by atoms with E-state index in [2.05, 4.69) is 76.8 Å². The minimum Gasteiger partial charge on any atom is -0.366 e. The number of nitrogens with two attached hydrogens (primary N) is 1. The van der Waals surface area contributed by atoms with E-state index in [1.165, 1.54) is 21.9 Å². The molecule has 0 bridgehead atoms. The van der Waals surface area contributed by atoms with E-state index in [0.29, 0.717) is 0 Å². The minimum absolute atomic E-state index is 0.282. The Morgan fingerprint density at radius 2 is 1.38 bits per heavy atom. The third kappa shape index (κ3) is 2.31. The summed E-state index contributed by atoms with van der Waals surface area (Å²) in [6.07, 6.45) is 1.85. The Hall–Kier alpha value is -3.66. The summed E-state index contributed by atoms with van der Waals surface area (Å²) < 4.78 is 1.71. The van der Waals surface area contributed by atoms with E-state index < -0.39 is 0 Å². The van der Waals surface area contributed by atoms with Gasteiger partial charge in [0.25, 0.3) is 0 Å². The van der Waals surface area contributed by atoms with E-state index >= 15 is 0 Å². The molecule has 0 saturated heterocycles. The maximum atomic E-state index is 5.75. The van der Waals surface area contributed by atoms with Crippen molar-refractivity contribution >= 4 is 22.4 Å². The number of fused-ring (bicyclic) bond motifs is 2. The van der Waals surface area contributed by atoms with Crippen molar-refractivity contribution in [3.05, 3.63) is 85.1 Å². The number of pyridine rings is 1. The van der Waals surface area contributed by atoms with Crippen molar-refractivity contribution in [1.82, 2.24) is 14.6 Å². The van der Waals surface area contributed by atoms with Crippen molar-refractivity contribution in [3.63, 3.8) is 0 Å². The van der Waals surface area contributed by atoms with Gasteiger partial charge in [-0.15, -0.1) is 5.10 Å². The molecular weight excluding hydrogens is 320 g/mol.